The number of hydrogen-bond acceptors (Lipinski definition) is 3. The van der Waals surface area contributed by atoms with Gasteiger partial charge >= 0.3 is 6.61 Å². The summed E-state index contributed by atoms with van der Waals surface area (Å²) in [4.78, 5) is 11.9. The van der Waals surface area contributed by atoms with Crippen LogP contribution in [0.25, 0.3) is 0 Å². The number of carbonyl (C=O) groups is 1. The summed E-state index contributed by atoms with van der Waals surface area (Å²) in [5, 5.41) is 0. The van der Waals surface area contributed by atoms with Crippen molar-refractivity contribution < 1.29 is 23.0 Å². The minimum Gasteiger partial charge on any atom is -0.435 e. The third-order valence-corrected chi connectivity index (χ3v) is 3.36. The maximum Gasteiger partial charge on any atom is 0.387 e. The van der Waals surface area contributed by atoms with Crippen LogP contribution in [0, 0.1) is 0 Å². The Morgan fingerprint density at radius 2 is 2.10 bits per heavy atom. The average molecular weight is 284 g/mol. The molecular weight excluding hydrogens is 266 g/mol. The topological polar surface area (TPSA) is 35.5 Å². The molecule has 5 heteroatoms. The van der Waals surface area contributed by atoms with Crippen LogP contribution < -0.4 is 4.74 Å². The first kappa shape index (κ1) is 14.9. The summed E-state index contributed by atoms with van der Waals surface area (Å²) in [6, 6.07) is 5.82. The predicted molar refractivity (Wildman–Crippen MR) is 70.2 cm³/mol. The first-order chi connectivity index (χ1) is 9.65. The fourth-order valence-corrected chi connectivity index (χ4v) is 2.33. The number of ether oxygens (including phenoxy) is 2. The van der Waals surface area contributed by atoms with Crippen molar-refractivity contribution in [3.05, 3.63) is 29.8 Å². The van der Waals surface area contributed by atoms with Gasteiger partial charge in [0, 0.05) is 18.6 Å². The first-order valence-electron chi connectivity index (χ1n) is 6.85. The van der Waals surface area contributed by atoms with Gasteiger partial charge in [0.15, 0.2) is 5.78 Å². The van der Waals surface area contributed by atoms with E-state index in [2.05, 4.69) is 4.74 Å². The number of alkyl halides is 2. The van der Waals surface area contributed by atoms with E-state index >= 15 is 0 Å². The maximum absolute atomic E-state index is 12.0. The predicted octanol–water partition coefficient (Wildman–Crippen LogP) is 3.82. The van der Waals surface area contributed by atoms with Crippen molar-refractivity contribution in [1.82, 2.24) is 0 Å². The number of halogens is 2. The van der Waals surface area contributed by atoms with Gasteiger partial charge in [-0.15, -0.1) is 0 Å². The summed E-state index contributed by atoms with van der Waals surface area (Å²) < 4.78 is 33.7. The van der Waals surface area contributed by atoms with Crippen molar-refractivity contribution in [2.24, 2.45) is 0 Å². The normalized spacial score (nSPS) is 18.4. The van der Waals surface area contributed by atoms with Crippen LogP contribution in [0.15, 0.2) is 24.3 Å². The lowest BCUT2D eigenvalue weighted by Gasteiger charge is -2.08. The second-order valence-corrected chi connectivity index (χ2v) is 4.85. The highest BCUT2D eigenvalue weighted by Crippen LogP contribution is 2.20. The number of benzene rings is 1. The van der Waals surface area contributed by atoms with E-state index < -0.39 is 6.61 Å². The number of rotatable bonds is 7. The van der Waals surface area contributed by atoms with E-state index in [1.807, 2.05) is 0 Å². The Kier molecular flexibility index (Phi) is 5.47. The molecule has 0 spiro atoms. The molecule has 0 aromatic heterocycles. The van der Waals surface area contributed by atoms with Crippen LogP contribution in [0.2, 0.25) is 0 Å². The molecule has 0 amide bonds. The van der Waals surface area contributed by atoms with E-state index in [1.54, 1.807) is 0 Å². The van der Waals surface area contributed by atoms with E-state index in [0.29, 0.717) is 18.1 Å². The lowest BCUT2D eigenvalue weighted by atomic mass is 10.0. The molecule has 1 aromatic rings. The van der Waals surface area contributed by atoms with E-state index in [4.69, 9.17) is 4.74 Å². The molecule has 20 heavy (non-hydrogen) atoms. The molecule has 0 N–H and O–H groups in total. The largest absolute Gasteiger partial charge is 0.435 e. The molecule has 1 aliphatic rings. The maximum atomic E-state index is 12.0. The van der Waals surface area contributed by atoms with Gasteiger partial charge in [0.25, 0.3) is 0 Å². The Morgan fingerprint density at radius 3 is 2.70 bits per heavy atom. The van der Waals surface area contributed by atoms with Gasteiger partial charge in [-0.3, -0.25) is 4.79 Å². The van der Waals surface area contributed by atoms with Crippen LogP contribution in [0.3, 0.4) is 0 Å². The summed E-state index contributed by atoms with van der Waals surface area (Å²) in [5.74, 6) is 0.0856. The molecule has 0 saturated carbocycles. The first-order valence-corrected chi connectivity index (χ1v) is 6.85. The Labute approximate surface area is 116 Å². The lowest BCUT2D eigenvalue weighted by molar-refractivity contribution is -0.0498. The zero-order valence-electron chi connectivity index (χ0n) is 11.2. The molecule has 0 radical (unpaired) electrons. The van der Waals surface area contributed by atoms with Crippen molar-refractivity contribution in [2.45, 2.75) is 44.8 Å². The third kappa shape index (κ3) is 4.56. The van der Waals surface area contributed by atoms with E-state index in [0.717, 1.165) is 32.3 Å². The second kappa shape index (κ2) is 7.33. The second-order valence-electron chi connectivity index (χ2n) is 4.85. The zero-order chi connectivity index (χ0) is 14.4. The Morgan fingerprint density at radius 1 is 1.35 bits per heavy atom. The van der Waals surface area contributed by atoms with Gasteiger partial charge in [-0.05, 0) is 49.9 Å². The Bertz CT molecular complexity index is 425. The molecule has 1 heterocycles. The summed E-state index contributed by atoms with van der Waals surface area (Å²) in [5.41, 5.74) is 0.527. The van der Waals surface area contributed by atoms with Crippen LogP contribution in [-0.2, 0) is 4.74 Å². The Hall–Kier alpha value is -1.49. The summed E-state index contributed by atoms with van der Waals surface area (Å²) in [6.07, 6.45) is 4.62. The Balaban J connectivity index is 1.76. The molecule has 0 bridgehead atoms. The van der Waals surface area contributed by atoms with Crippen LogP contribution in [0.5, 0.6) is 5.75 Å². The van der Waals surface area contributed by atoms with E-state index in [1.165, 1.54) is 24.3 Å². The fraction of sp³-hybridized carbons (Fsp3) is 0.533. The SMILES string of the molecule is O=C(CCCC1CCCO1)c1ccc(OC(F)F)cc1. The van der Waals surface area contributed by atoms with Crippen molar-refractivity contribution >= 4 is 5.78 Å². The highest BCUT2D eigenvalue weighted by atomic mass is 19.3. The minimum absolute atomic E-state index is 0.0200. The van der Waals surface area contributed by atoms with Crippen molar-refractivity contribution in [3.63, 3.8) is 0 Å². The summed E-state index contributed by atoms with van der Waals surface area (Å²) in [7, 11) is 0. The lowest BCUT2D eigenvalue weighted by Crippen LogP contribution is -2.07. The highest BCUT2D eigenvalue weighted by Gasteiger charge is 2.16. The monoisotopic (exact) mass is 284 g/mol. The van der Waals surface area contributed by atoms with Crippen LogP contribution in [0.4, 0.5) is 8.78 Å². The number of hydrogen-bond donors (Lipinski definition) is 0. The highest BCUT2D eigenvalue weighted by molar-refractivity contribution is 5.96. The summed E-state index contributed by atoms with van der Waals surface area (Å²) >= 11 is 0. The van der Waals surface area contributed by atoms with Gasteiger partial charge in [0.1, 0.15) is 5.75 Å². The molecule has 1 saturated heterocycles. The van der Waals surface area contributed by atoms with Gasteiger partial charge in [-0.1, -0.05) is 0 Å². The van der Waals surface area contributed by atoms with Gasteiger partial charge in [-0.25, -0.2) is 0 Å². The van der Waals surface area contributed by atoms with Crippen molar-refractivity contribution in [2.75, 3.05) is 6.61 Å². The third-order valence-electron chi connectivity index (χ3n) is 3.36. The zero-order valence-corrected chi connectivity index (χ0v) is 11.2. The van der Waals surface area contributed by atoms with Crippen LogP contribution in [-0.4, -0.2) is 25.1 Å². The van der Waals surface area contributed by atoms with Crippen LogP contribution >= 0.6 is 0 Å². The number of ketones is 1. The molecule has 1 atom stereocenters. The van der Waals surface area contributed by atoms with Crippen molar-refractivity contribution in [3.8, 4) is 5.75 Å². The number of carbonyl (C=O) groups excluding carboxylic acids is 1. The van der Waals surface area contributed by atoms with E-state index in [9.17, 15) is 13.6 Å². The van der Waals surface area contributed by atoms with Gasteiger partial charge in [0.05, 0.1) is 6.10 Å². The van der Waals surface area contributed by atoms with Gasteiger partial charge in [-0.2, -0.15) is 8.78 Å². The standard InChI is InChI=1S/C15H18F2O3/c16-15(17)20-13-8-6-11(7-9-13)14(18)5-1-3-12-4-2-10-19-12/h6-9,12,15H,1-5,10H2. The molecule has 2 rings (SSSR count). The summed E-state index contributed by atoms with van der Waals surface area (Å²) in [6.45, 7) is -2.02. The molecular formula is C15H18F2O3. The molecule has 3 nitrogen and oxygen atoms in total. The molecule has 1 fully saturated rings. The smallest absolute Gasteiger partial charge is 0.387 e. The molecule has 1 aliphatic heterocycles. The molecule has 1 aromatic carbocycles. The quantitative estimate of drug-likeness (QED) is 0.714. The molecule has 0 aliphatic carbocycles. The van der Waals surface area contributed by atoms with Gasteiger partial charge in [0.2, 0.25) is 0 Å². The average Bonchev–Trinajstić information content (AvgIpc) is 2.92. The van der Waals surface area contributed by atoms with Crippen LogP contribution in [0.1, 0.15) is 42.5 Å². The minimum atomic E-state index is -2.84. The van der Waals surface area contributed by atoms with Gasteiger partial charge < -0.3 is 9.47 Å². The molecule has 110 valence electrons. The van der Waals surface area contributed by atoms with Crippen molar-refractivity contribution in [1.29, 1.82) is 0 Å². The van der Waals surface area contributed by atoms with E-state index in [-0.39, 0.29) is 11.5 Å². The molecule has 1 unspecified atom stereocenters. The fourth-order valence-electron chi connectivity index (χ4n) is 2.33. The number of Topliss-reactive ketones (excluding diaryl/α,β-unsaturated/α-hetero) is 1.